The van der Waals surface area contributed by atoms with E-state index < -0.39 is 0 Å². The van der Waals surface area contributed by atoms with Crippen LogP contribution in [0.5, 0.6) is 5.75 Å². The van der Waals surface area contributed by atoms with Crippen molar-refractivity contribution in [3.63, 3.8) is 0 Å². The van der Waals surface area contributed by atoms with E-state index in [1.807, 2.05) is 19.1 Å². The Balaban J connectivity index is 2.60. The second-order valence-electron chi connectivity index (χ2n) is 7.08. The van der Waals surface area contributed by atoms with E-state index in [1.165, 1.54) is 0 Å². The van der Waals surface area contributed by atoms with Crippen molar-refractivity contribution in [1.82, 2.24) is 10.3 Å². The van der Waals surface area contributed by atoms with Crippen molar-refractivity contribution < 1.29 is 4.74 Å². The molecule has 3 heteroatoms. The summed E-state index contributed by atoms with van der Waals surface area (Å²) in [6, 6.07) is 4.05. The lowest BCUT2D eigenvalue weighted by atomic mass is 9.93. The molecular weight excluding hydrogens is 248 g/mol. The summed E-state index contributed by atoms with van der Waals surface area (Å²) in [6.45, 7) is 15.6. The van der Waals surface area contributed by atoms with Crippen LogP contribution in [-0.2, 0) is 6.54 Å². The fourth-order valence-corrected chi connectivity index (χ4v) is 1.80. The van der Waals surface area contributed by atoms with Gasteiger partial charge in [0.1, 0.15) is 5.75 Å². The van der Waals surface area contributed by atoms with Crippen LogP contribution in [0.4, 0.5) is 0 Å². The number of hydrogen-bond acceptors (Lipinski definition) is 3. The van der Waals surface area contributed by atoms with Crippen molar-refractivity contribution in [2.24, 2.45) is 11.3 Å². The first-order valence-corrected chi connectivity index (χ1v) is 7.58. The van der Waals surface area contributed by atoms with E-state index >= 15 is 0 Å². The number of pyridine rings is 1. The number of rotatable bonds is 7. The van der Waals surface area contributed by atoms with E-state index in [9.17, 15) is 0 Å². The van der Waals surface area contributed by atoms with Gasteiger partial charge in [-0.1, -0.05) is 34.6 Å². The Morgan fingerprint density at radius 1 is 1.25 bits per heavy atom. The maximum Gasteiger partial charge on any atom is 0.142 e. The molecule has 0 aromatic carbocycles. The predicted octanol–water partition coefficient (Wildman–Crippen LogP) is 3.95. The maximum atomic E-state index is 5.92. The summed E-state index contributed by atoms with van der Waals surface area (Å²) >= 11 is 0. The summed E-state index contributed by atoms with van der Waals surface area (Å²) in [4.78, 5) is 4.60. The lowest BCUT2D eigenvalue weighted by Gasteiger charge is -2.19. The monoisotopic (exact) mass is 278 g/mol. The van der Waals surface area contributed by atoms with Gasteiger partial charge in [-0.15, -0.1) is 0 Å². The third-order valence-corrected chi connectivity index (χ3v) is 3.03. The summed E-state index contributed by atoms with van der Waals surface area (Å²) in [5.41, 5.74) is 2.35. The molecule has 0 saturated carbocycles. The van der Waals surface area contributed by atoms with Crippen LogP contribution in [0.3, 0.4) is 0 Å². The van der Waals surface area contributed by atoms with Crippen molar-refractivity contribution in [1.29, 1.82) is 0 Å². The second kappa shape index (κ2) is 7.63. The molecule has 3 nitrogen and oxygen atoms in total. The largest absolute Gasteiger partial charge is 0.492 e. The molecule has 0 unspecified atom stereocenters. The van der Waals surface area contributed by atoms with Crippen molar-refractivity contribution in [3.8, 4) is 5.75 Å². The van der Waals surface area contributed by atoms with Crippen LogP contribution in [0.2, 0.25) is 0 Å². The summed E-state index contributed by atoms with van der Waals surface area (Å²) < 4.78 is 5.92. The van der Waals surface area contributed by atoms with Crippen molar-refractivity contribution in [2.75, 3.05) is 13.2 Å². The zero-order chi connectivity index (χ0) is 15.2. The highest BCUT2D eigenvalue weighted by Crippen LogP contribution is 2.21. The van der Waals surface area contributed by atoms with Gasteiger partial charge in [0.15, 0.2) is 0 Å². The van der Waals surface area contributed by atoms with E-state index in [1.54, 1.807) is 0 Å². The average Bonchev–Trinajstić information content (AvgIpc) is 2.30. The fourth-order valence-electron chi connectivity index (χ4n) is 1.80. The smallest absolute Gasteiger partial charge is 0.142 e. The van der Waals surface area contributed by atoms with Gasteiger partial charge in [0, 0.05) is 12.2 Å². The van der Waals surface area contributed by atoms with E-state index in [0.717, 1.165) is 43.3 Å². The highest BCUT2D eigenvalue weighted by atomic mass is 16.5. The highest BCUT2D eigenvalue weighted by molar-refractivity contribution is 5.29. The Kier molecular flexibility index (Phi) is 6.47. The minimum atomic E-state index is 0.300. The van der Waals surface area contributed by atoms with Crippen molar-refractivity contribution in [2.45, 2.75) is 54.5 Å². The van der Waals surface area contributed by atoms with Gasteiger partial charge in [0.2, 0.25) is 0 Å². The van der Waals surface area contributed by atoms with Gasteiger partial charge >= 0.3 is 0 Å². The molecule has 1 aromatic rings. The standard InChI is InChI=1S/C17H30N2O/c1-13(2)11-18-12-15-16(8-7-14(3)19-15)20-10-9-17(4,5)6/h7-8,13,18H,9-12H2,1-6H3. The lowest BCUT2D eigenvalue weighted by molar-refractivity contribution is 0.240. The van der Waals surface area contributed by atoms with Crippen LogP contribution in [-0.4, -0.2) is 18.1 Å². The number of nitrogens with zero attached hydrogens (tertiary/aromatic N) is 1. The summed E-state index contributed by atoms with van der Waals surface area (Å²) in [5, 5.41) is 3.43. The van der Waals surface area contributed by atoms with Crippen LogP contribution >= 0.6 is 0 Å². The lowest BCUT2D eigenvalue weighted by Crippen LogP contribution is -2.20. The quantitative estimate of drug-likeness (QED) is 0.820. The van der Waals surface area contributed by atoms with Gasteiger partial charge in [-0.25, -0.2) is 0 Å². The molecule has 1 rings (SSSR count). The second-order valence-corrected chi connectivity index (χ2v) is 7.08. The van der Waals surface area contributed by atoms with Gasteiger partial charge < -0.3 is 10.1 Å². The molecule has 20 heavy (non-hydrogen) atoms. The van der Waals surface area contributed by atoms with E-state index in [4.69, 9.17) is 4.74 Å². The Hall–Kier alpha value is -1.09. The third kappa shape index (κ3) is 6.90. The van der Waals surface area contributed by atoms with Crippen LogP contribution < -0.4 is 10.1 Å². The molecule has 0 spiro atoms. The summed E-state index contributed by atoms with van der Waals surface area (Å²) in [5.74, 6) is 1.56. The van der Waals surface area contributed by atoms with Crippen molar-refractivity contribution in [3.05, 3.63) is 23.5 Å². The zero-order valence-corrected chi connectivity index (χ0v) is 13.9. The Morgan fingerprint density at radius 3 is 2.55 bits per heavy atom. The Labute approximate surface area is 124 Å². The number of nitrogens with one attached hydrogen (secondary N) is 1. The zero-order valence-electron chi connectivity index (χ0n) is 13.9. The Bertz CT molecular complexity index is 408. The Morgan fingerprint density at radius 2 is 1.95 bits per heavy atom. The van der Waals surface area contributed by atoms with Crippen LogP contribution in [0, 0.1) is 18.3 Å². The molecule has 0 saturated heterocycles. The summed E-state index contributed by atoms with van der Waals surface area (Å²) in [7, 11) is 0. The predicted molar refractivity (Wildman–Crippen MR) is 85.1 cm³/mol. The first-order valence-electron chi connectivity index (χ1n) is 7.58. The van der Waals surface area contributed by atoms with Crippen LogP contribution in [0.25, 0.3) is 0 Å². The maximum absolute atomic E-state index is 5.92. The molecular formula is C17H30N2O. The SMILES string of the molecule is Cc1ccc(OCCC(C)(C)C)c(CNCC(C)C)n1. The van der Waals surface area contributed by atoms with Gasteiger partial charge in [-0.3, -0.25) is 4.98 Å². The number of aromatic nitrogens is 1. The number of hydrogen-bond donors (Lipinski definition) is 1. The number of ether oxygens (including phenoxy) is 1. The molecule has 1 N–H and O–H groups in total. The molecule has 0 aliphatic rings. The van der Waals surface area contributed by atoms with E-state index in [0.29, 0.717) is 11.3 Å². The topological polar surface area (TPSA) is 34.1 Å². The van der Waals surface area contributed by atoms with Gasteiger partial charge in [-0.2, -0.15) is 0 Å². The van der Waals surface area contributed by atoms with Gasteiger partial charge in [0.05, 0.1) is 12.3 Å². The number of aryl methyl sites for hydroxylation is 1. The first-order chi connectivity index (χ1) is 9.28. The van der Waals surface area contributed by atoms with Gasteiger partial charge in [-0.05, 0) is 43.4 Å². The van der Waals surface area contributed by atoms with E-state index in [-0.39, 0.29) is 0 Å². The fraction of sp³-hybridized carbons (Fsp3) is 0.706. The normalized spacial score (nSPS) is 11.9. The summed E-state index contributed by atoms with van der Waals surface area (Å²) in [6.07, 6.45) is 1.04. The molecule has 0 atom stereocenters. The molecule has 0 aliphatic heterocycles. The molecule has 0 fully saturated rings. The van der Waals surface area contributed by atoms with E-state index in [2.05, 4.69) is 44.9 Å². The van der Waals surface area contributed by atoms with Crippen LogP contribution in [0.15, 0.2) is 12.1 Å². The molecule has 0 bridgehead atoms. The van der Waals surface area contributed by atoms with Crippen LogP contribution in [0.1, 0.15) is 52.4 Å². The molecule has 0 amide bonds. The third-order valence-electron chi connectivity index (χ3n) is 3.03. The molecule has 1 heterocycles. The molecule has 1 aromatic heterocycles. The molecule has 114 valence electrons. The van der Waals surface area contributed by atoms with Crippen molar-refractivity contribution >= 4 is 0 Å². The first kappa shape index (κ1) is 17.0. The molecule has 0 radical (unpaired) electrons. The highest BCUT2D eigenvalue weighted by Gasteiger charge is 2.11. The average molecular weight is 278 g/mol. The van der Waals surface area contributed by atoms with Gasteiger partial charge in [0.25, 0.3) is 0 Å². The molecule has 0 aliphatic carbocycles. The minimum Gasteiger partial charge on any atom is -0.492 e. The minimum absolute atomic E-state index is 0.300.